The highest BCUT2D eigenvalue weighted by Gasteiger charge is 2.27. The maximum absolute atomic E-state index is 13.5. The van der Waals surface area contributed by atoms with E-state index in [-0.39, 0.29) is 22.8 Å². The van der Waals surface area contributed by atoms with Crippen LogP contribution < -0.4 is 10.7 Å². The summed E-state index contributed by atoms with van der Waals surface area (Å²) in [7, 11) is 0. The van der Waals surface area contributed by atoms with Gasteiger partial charge in [-0.25, -0.2) is 4.79 Å². The first-order valence-corrected chi connectivity index (χ1v) is 12.2. The maximum atomic E-state index is 13.5. The molecule has 1 heterocycles. The summed E-state index contributed by atoms with van der Waals surface area (Å²) in [6.45, 7) is 10.9. The van der Waals surface area contributed by atoms with Gasteiger partial charge in [-0.1, -0.05) is 36.4 Å². The molecule has 4 aromatic rings. The summed E-state index contributed by atoms with van der Waals surface area (Å²) in [5, 5.41) is 13.3. The van der Waals surface area contributed by atoms with Gasteiger partial charge in [0.1, 0.15) is 17.1 Å². The minimum Gasteiger partial charge on any atom is -0.478 e. The third-order valence-corrected chi connectivity index (χ3v) is 7.11. The van der Waals surface area contributed by atoms with Crippen molar-refractivity contribution in [3.05, 3.63) is 98.7 Å². The number of carbonyl (C=O) groups excluding carboxylic acids is 1. The third kappa shape index (κ3) is 4.79. The number of ketones is 1. The van der Waals surface area contributed by atoms with E-state index in [4.69, 9.17) is 4.42 Å². The summed E-state index contributed by atoms with van der Waals surface area (Å²) in [5.74, 6) is -0.537. The Hall–Kier alpha value is -4.19. The number of hydrogen-bond acceptors (Lipinski definition) is 5. The topological polar surface area (TPSA) is 96.6 Å². The van der Waals surface area contributed by atoms with E-state index in [2.05, 4.69) is 5.32 Å². The van der Waals surface area contributed by atoms with Crippen LogP contribution in [0.3, 0.4) is 0 Å². The smallest absolute Gasteiger partial charge is 0.337 e. The lowest BCUT2D eigenvalue weighted by molar-refractivity contribution is -0.121. The van der Waals surface area contributed by atoms with Gasteiger partial charge < -0.3 is 14.8 Å². The van der Waals surface area contributed by atoms with Crippen LogP contribution in [0.1, 0.15) is 66.3 Å². The summed E-state index contributed by atoms with van der Waals surface area (Å²) in [4.78, 5) is 37.5. The number of carboxylic acid groups (broad SMARTS) is 1. The van der Waals surface area contributed by atoms with Crippen LogP contribution >= 0.6 is 0 Å². The summed E-state index contributed by atoms with van der Waals surface area (Å²) >= 11 is 0. The van der Waals surface area contributed by atoms with Gasteiger partial charge in [0.15, 0.2) is 5.43 Å². The van der Waals surface area contributed by atoms with Crippen LogP contribution in [0.15, 0.2) is 69.9 Å². The molecule has 37 heavy (non-hydrogen) atoms. The van der Waals surface area contributed by atoms with Gasteiger partial charge in [-0.15, -0.1) is 0 Å². The zero-order chi connectivity index (χ0) is 27.1. The number of anilines is 1. The number of carboxylic acids is 1. The van der Waals surface area contributed by atoms with E-state index in [0.29, 0.717) is 33.5 Å². The molecule has 0 saturated heterocycles. The highest BCUT2D eigenvalue weighted by molar-refractivity contribution is 5.94. The summed E-state index contributed by atoms with van der Waals surface area (Å²) in [5.41, 5.74) is 3.95. The third-order valence-electron chi connectivity index (χ3n) is 7.11. The Morgan fingerprint density at radius 1 is 1.00 bits per heavy atom. The Balaban J connectivity index is 1.90. The predicted molar refractivity (Wildman–Crippen MR) is 147 cm³/mol. The van der Waals surface area contributed by atoms with E-state index in [9.17, 15) is 19.5 Å². The minimum atomic E-state index is -1.03. The molecule has 0 bridgehead atoms. The molecule has 1 unspecified atom stereocenters. The van der Waals surface area contributed by atoms with Crippen molar-refractivity contribution >= 4 is 28.4 Å². The van der Waals surface area contributed by atoms with Gasteiger partial charge in [0, 0.05) is 27.8 Å². The normalized spacial score (nSPS) is 12.4. The van der Waals surface area contributed by atoms with E-state index in [0.717, 1.165) is 16.7 Å². The number of para-hydroxylation sites is 1. The fourth-order valence-corrected chi connectivity index (χ4v) is 4.52. The number of aryl methyl sites for hydroxylation is 1. The minimum absolute atomic E-state index is 0.0423. The quantitative estimate of drug-likeness (QED) is 0.291. The second-order valence-corrected chi connectivity index (χ2v) is 10.1. The zero-order valence-corrected chi connectivity index (χ0v) is 21.9. The SMILES string of the molecule is CC(=O)C(C)(C)c1cccc(-c2oc3c(C(C)Nc4ccccc4C(=O)O)cc(C)cc3c(=O)c2C)c1. The summed E-state index contributed by atoms with van der Waals surface area (Å²) in [6.07, 6.45) is 0. The van der Waals surface area contributed by atoms with Crippen molar-refractivity contribution in [3.8, 4) is 11.3 Å². The average molecular weight is 498 g/mol. The fraction of sp³-hybridized carbons (Fsp3) is 0.258. The molecule has 2 N–H and O–H groups in total. The van der Waals surface area contributed by atoms with Crippen molar-refractivity contribution in [2.75, 3.05) is 5.32 Å². The number of carbonyl (C=O) groups is 2. The first kappa shape index (κ1) is 25.9. The van der Waals surface area contributed by atoms with Crippen molar-refractivity contribution < 1.29 is 19.1 Å². The average Bonchev–Trinajstić information content (AvgIpc) is 2.86. The highest BCUT2D eigenvalue weighted by Crippen LogP contribution is 2.34. The highest BCUT2D eigenvalue weighted by atomic mass is 16.4. The lowest BCUT2D eigenvalue weighted by atomic mass is 9.80. The van der Waals surface area contributed by atoms with Crippen molar-refractivity contribution in [1.82, 2.24) is 0 Å². The number of hydrogen-bond donors (Lipinski definition) is 2. The molecular formula is C31H31NO5. The Morgan fingerprint density at radius 2 is 1.70 bits per heavy atom. The van der Waals surface area contributed by atoms with Gasteiger partial charge in [-0.2, -0.15) is 0 Å². The fourth-order valence-electron chi connectivity index (χ4n) is 4.52. The molecule has 0 radical (unpaired) electrons. The molecule has 4 rings (SSSR count). The molecule has 0 aliphatic heterocycles. The zero-order valence-electron chi connectivity index (χ0n) is 21.9. The van der Waals surface area contributed by atoms with Crippen LogP contribution in [0.2, 0.25) is 0 Å². The van der Waals surface area contributed by atoms with Crippen molar-refractivity contribution in [2.24, 2.45) is 0 Å². The van der Waals surface area contributed by atoms with Crippen LogP contribution in [0, 0.1) is 13.8 Å². The first-order chi connectivity index (χ1) is 17.4. The second kappa shape index (κ2) is 9.69. The first-order valence-electron chi connectivity index (χ1n) is 12.2. The number of Topliss-reactive ketones (excluding diaryl/α,β-unsaturated/α-hetero) is 1. The Bertz CT molecular complexity index is 1600. The van der Waals surface area contributed by atoms with E-state index < -0.39 is 11.4 Å². The second-order valence-electron chi connectivity index (χ2n) is 10.1. The molecule has 6 nitrogen and oxygen atoms in total. The van der Waals surface area contributed by atoms with Gasteiger partial charge in [-0.05, 0) is 76.9 Å². The standard InChI is InChI=1S/C31H31NO5/c1-17-14-24(19(3)32-26-13-8-7-12-23(26)30(35)36)29-25(15-17)27(34)18(2)28(37-29)21-10-9-11-22(16-21)31(5,6)20(4)33/h7-16,19,32H,1-6H3,(H,35,36). The molecule has 0 aliphatic carbocycles. The molecule has 6 heteroatoms. The molecule has 0 spiro atoms. The Morgan fingerprint density at radius 3 is 2.38 bits per heavy atom. The molecule has 1 atom stereocenters. The van der Waals surface area contributed by atoms with Gasteiger partial charge >= 0.3 is 5.97 Å². The van der Waals surface area contributed by atoms with Crippen molar-refractivity contribution in [1.29, 1.82) is 0 Å². The van der Waals surface area contributed by atoms with Crippen molar-refractivity contribution in [3.63, 3.8) is 0 Å². The number of nitrogens with one attached hydrogen (secondary N) is 1. The summed E-state index contributed by atoms with van der Waals surface area (Å²) < 4.78 is 6.47. The van der Waals surface area contributed by atoms with Gasteiger partial charge in [0.2, 0.25) is 0 Å². The van der Waals surface area contributed by atoms with E-state index >= 15 is 0 Å². The van der Waals surface area contributed by atoms with Crippen LogP contribution in [0.5, 0.6) is 0 Å². The molecular weight excluding hydrogens is 466 g/mol. The number of fused-ring (bicyclic) bond motifs is 1. The Labute approximate surface area is 216 Å². The molecule has 0 saturated carbocycles. The molecule has 0 amide bonds. The van der Waals surface area contributed by atoms with Crippen LogP contribution in [-0.4, -0.2) is 16.9 Å². The van der Waals surface area contributed by atoms with Gasteiger partial charge in [0.05, 0.1) is 17.0 Å². The van der Waals surface area contributed by atoms with Crippen molar-refractivity contribution in [2.45, 2.75) is 53.0 Å². The maximum Gasteiger partial charge on any atom is 0.337 e. The number of benzene rings is 3. The Kier molecular flexibility index (Phi) is 6.78. The number of rotatable bonds is 7. The molecule has 0 fully saturated rings. The lowest BCUT2D eigenvalue weighted by Gasteiger charge is -2.23. The van der Waals surface area contributed by atoms with Crippen LogP contribution in [0.25, 0.3) is 22.3 Å². The summed E-state index contributed by atoms with van der Waals surface area (Å²) in [6, 6.07) is 17.6. The van der Waals surface area contributed by atoms with E-state index in [1.165, 1.54) is 0 Å². The van der Waals surface area contributed by atoms with Crippen LogP contribution in [-0.2, 0) is 10.2 Å². The van der Waals surface area contributed by atoms with E-state index in [1.54, 1.807) is 38.1 Å². The van der Waals surface area contributed by atoms with Crippen LogP contribution in [0.4, 0.5) is 5.69 Å². The largest absolute Gasteiger partial charge is 0.478 e. The van der Waals surface area contributed by atoms with E-state index in [1.807, 2.05) is 64.1 Å². The molecule has 190 valence electrons. The molecule has 0 aliphatic rings. The predicted octanol–water partition coefficient (Wildman–Crippen LogP) is 6.81. The molecule has 1 aromatic heterocycles. The monoisotopic (exact) mass is 497 g/mol. The van der Waals surface area contributed by atoms with Gasteiger partial charge in [0.25, 0.3) is 0 Å². The lowest BCUT2D eigenvalue weighted by Crippen LogP contribution is -2.26. The molecule has 3 aromatic carbocycles. The van der Waals surface area contributed by atoms with Gasteiger partial charge in [-0.3, -0.25) is 9.59 Å². The number of aromatic carboxylic acids is 1.